The minimum Gasteiger partial charge on any atom is -0.512 e. The molecule has 23 heavy (non-hydrogen) atoms. The Balaban J connectivity index is 0.000000849. The summed E-state index contributed by atoms with van der Waals surface area (Å²) in [4.78, 5) is 3.67. The first-order valence-corrected chi connectivity index (χ1v) is 7.21. The first-order valence-electron chi connectivity index (χ1n) is 7.21. The Labute approximate surface area is 151 Å². The molecule has 1 aromatic carbocycles. The monoisotopic (exact) mass is 480 g/mol. The number of benzene rings is 1. The van der Waals surface area contributed by atoms with E-state index in [1.165, 1.54) is 5.56 Å². The topological polar surface area (TPSA) is 70.6 Å². The van der Waals surface area contributed by atoms with Gasteiger partial charge in [0.25, 0.3) is 0 Å². The van der Waals surface area contributed by atoms with Gasteiger partial charge in [0.1, 0.15) is 0 Å². The number of hydrogen-bond acceptors (Lipinski definition) is 5. The van der Waals surface area contributed by atoms with Gasteiger partial charge in [0.2, 0.25) is 0 Å². The molecule has 2 atom stereocenters. The van der Waals surface area contributed by atoms with E-state index in [1.54, 1.807) is 4.80 Å². The van der Waals surface area contributed by atoms with Crippen LogP contribution in [-0.4, -0.2) is 38.2 Å². The zero-order chi connectivity index (χ0) is 16.2. The molecule has 0 N–H and O–H groups in total. The van der Waals surface area contributed by atoms with Crippen LogP contribution in [0.5, 0.6) is 0 Å². The molecular formula is C16H20N6W-2. The van der Waals surface area contributed by atoms with E-state index in [2.05, 4.69) is 58.5 Å². The fourth-order valence-electron chi connectivity index (χ4n) is 3.30. The van der Waals surface area contributed by atoms with Crippen molar-refractivity contribution in [2.75, 3.05) is 13.1 Å². The first-order chi connectivity index (χ1) is 10.6. The summed E-state index contributed by atoms with van der Waals surface area (Å²) < 4.78 is 0. The van der Waals surface area contributed by atoms with E-state index in [4.69, 9.17) is 11.8 Å². The molecule has 0 saturated carbocycles. The Hall–Kier alpha value is -1.57. The summed E-state index contributed by atoms with van der Waals surface area (Å²) in [5, 5.41) is 19.1. The molecule has 6 nitrogen and oxygen atoms in total. The standard InChI is InChI=1S/C15H20N5.CN.W/c1-12-11-19(2)10-9-15(12,13-7-5-4-6-8-13)14-16-18-20(3)17-14;1-2;/h4-8,12H,2,9-11H2,1,3H3;;/q2*-1;. The maximum absolute atomic E-state index is 6.25. The molecule has 1 aliphatic rings. The Morgan fingerprint density at radius 1 is 1.30 bits per heavy atom. The van der Waals surface area contributed by atoms with Crippen LogP contribution in [0.15, 0.2) is 30.3 Å². The SMILES string of the molecule is [C-]#N.[CH2-]N1CCC(c2ccccc2)(c2nnn(C)n2)C(C)C1.[W]. The van der Waals surface area contributed by atoms with Gasteiger partial charge in [-0.3, -0.25) is 7.05 Å². The summed E-state index contributed by atoms with van der Waals surface area (Å²) in [5.74, 6) is 1.21. The fourth-order valence-corrected chi connectivity index (χ4v) is 3.30. The normalized spacial score (nSPS) is 24.1. The van der Waals surface area contributed by atoms with E-state index in [1.807, 2.05) is 13.1 Å². The van der Waals surface area contributed by atoms with Crippen LogP contribution in [0.1, 0.15) is 24.7 Å². The maximum Gasteiger partial charge on any atom is 0.185 e. The molecule has 1 aromatic heterocycles. The van der Waals surface area contributed by atoms with Gasteiger partial charge in [-0.1, -0.05) is 37.3 Å². The van der Waals surface area contributed by atoms with Gasteiger partial charge in [-0.15, -0.1) is 10.2 Å². The molecule has 1 fully saturated rings. The van der Waals surface area contributed by atoms with Crippen LogP contribution in [0, 0.1) is 24.8 Å². The van der Waals surface area contributed by atoms with Crippen molar-refractivity contribution in [2.24, 2.45) is 13.0 Å². The predicted octanol–water partition coefficient (Wildman–Crippen LogP) is 1.72. The smallest absolute Gasteiger partial charge is 0.185 e. The fraction of sp³-hybridized carbons (Fsp3) is 0.438. The molecule has 1 aliphatic heterocycles. The molecular weight excluding hydrogens is 460 g/mol. The van der Waals surface area contributed by atoms with Crippen LogP contribution in [-0.2, 0) is 33.5 Å². The van der Waals surface area contributed by atoms with Crippen LogP contribution >= 0.6 is 0 Å². The van der Waals surface area contributed by atoms with Crippen molar-refractivity contribution in [1.82, 2.24) is 25.1 Å². The molecule has 2 heterocycles. The van der Waals surface area contributed by atoms with Gasteiger partial charge in [0.15, 0.2) is 5.82 Å². The average molecular weight is 480 g/mol. The second-order valence-corrected chi connectivity index (χ2v) is 5.67. The van der Waals surface area contributed by atoms with Crippen molar-refractivity contribution in [1.29, 1.82) is 5.26 Å². The van der Waals surface area contributed by atoms with Gasteiger partial charge in [-0.05, 0) is 36.2 Å². The summed E-state index contributed by atoms with van der Waals surface area (Å²) in [5.41, 5.74) is 1.11. The second-order valence-electron chi connectivity index (χ2n) is 5.67. The number of likely N-dealkylation sites (tertiary alicyclic amines) is 1. The van der Waals surface area contributed by atoms with Crippen molar-refractivity contribution in [3.05, 3.63) is 55.3 Å². The van der Waals surface area contributed by atoms with Crippen molar-refractivity contribution in [3.8, 4) is 0 Å². The Kier molecular flexibility index (Phi) is 7.05. The molecule has 0 spiro atoms. The van der Waals surface area contributed by atoms with Crippen LogP contribution in [0.3, 0.4) is 0 Å². The molecule has 0 aliphatic carbocycles. The van der Waals surface area contributed by atoms with Crippen LogP contribution < -0.4 is 0 Å². The number of hydrogen-bond donors (Lipinski definition) is 0. The summed E-state index contributed by atoms with van der Waals surface area (Å²) in [6, 6.07) is 10.5. The molecule has 0 bridgehead atoms. The van der Waals surface area contributed by atoms with E-state index in [0.717, 1.165) is 25.3 Å². The van der Waals surface area contributed by atoms with E-state index >= 15 is 0 Å². The van der Waals surface area contributed by atoms with Crippen molar-refractivity contribution in [3.63, 3.8) is 0 Å². The number of aromatic nitrogens is 4. The van der Waals surface area contributed by atoms with Gasteiger partial charge in [0.05, 0.1) is 12.5 Å². The van der Waals surface area contributed by atoms with Crippen LogP contribution in [0.25, 0.3) is 0 Å². The minimum atomic E-state index is -0.163. The Bertz CT molecular complexity index is 626. The third-order valence-electron chi connectivity index (χ3n) is 4.39. The predicted molar refractivity (Wildman–Crippen MR) is 81.7 cm³/mol. The molecule has 1 saturated heterocycles. The average Bonchev–Trinajstić information content (AvgIpc) is 2.97. The summed E-state index contributed by atoms with van der Waals surface area (Å²) in [6.07, 6.45) is 0.966. The van der Waals surface area contributed by atoms with Gasteiger partial charge in [-0.2, -0.15) is 4.80 Å². The van der Waals surface area contributed by atoms with Gasteiger partial charge in [0, 0.05) is 21.1 Å². The zero-order valence-corrected chi connectivity index (χ0v) is 16.3. The quantitative estimate of drug-likeness (QED) is 0.613. The molecule has 2 unspecified atom stereocenters. The molecule has 2 aromatic rings. The number of nitrogens with zero attached hydrogens (tertiary/aromatic N) is 6. The van der Waals surface area contributed by atoms with E-state index in [9.17, 15) is 0 Å². The summed E-state index contributed by atoms with van der Waals surface area (Å²) in [6.45, 7) is 8.88. The zero-order valence-electron chi connectivity index (χ0n) is 13.4. The Morgan fingerprint density at radius 2 is 1.96 bits per heavy atom. The van der Waals surface area contributed by atoms with Gasteiger partial charge >= 0.3 is 0 Å². The number of tetrazole rings is 1. The third-order valence-corrected chi connectivity index (χ3v) is 4.39. The van der Waals surface area contributed by atoms with Crippen molar-refractivity contribution < 1.29 is 21.1 Å². The second kappa shape index (κ2) is 8.33. The first kappa shape index (κ1) is 19.5. The van der Waals surface area contributed by atoms with E-state index < -0.39 is 0 Å². The molecule has 7 heteroatoms. The van der Waals surface area contributed by atoms with Crippen molar-refractivity contribution in [2.45, 2.75) is 18.8 Å². The number of aryl methyl sites for hydroxylation is 1. The largest absolute Gasteiger partial charge is 0.512 e. The number of rotatable bonds is 2. The molecule has 3 rings (SSSR count). The molecule has 0 amide bonds. The summed E-state index contributed by atoms with van der Waals surface area (Å²) >= 11 is 0. The van der Waals surface area contributed by atoms with Crippen LogP contribution in [0.4, 0.5) is 0 Å². The number of piperidine rings is 1. The van der Waals surface area contributed by atoms with Crippen molar-refractivity contribution >= 4 is 0 Å². The molecule has 0 radical (unpaired) electrons. The molecule has 122 valence electrons. The van der Waals surface area contributed by atoms with Crippen LogP contribution in [0.2, 0.25) is 0 Å². The van der Waals surface area contributed by atoms with Gasteiger partial charge < -0.3 is 16.7 Å². The third kappa shape index (κ3) is 3.68. The maximum atomic E-state index is 6.25. The Morgan fingerprint density at radius 3 is 2.48 bits per heavy atom. The summed E-state index contributed by atoms with van der Waals surface area (Å²) in [7, 11) is 5.89. The van der Waals surface area contributed by atoms with E-state index in [-0.39, 0.29) is 26.5 Å². The van der Waals surface area contributed by atoms with E-state index in [0.29, 0.717) is 5.92 Å². The minimum absolute atomic E-state index is 0. The van der Waals surface area contributed by atoms with Gasteiger partial charge in [-0.25, -0.2) is 0 Å².